The largest absolute Gasteiger partial charge is 0.207 e. The molecule has 0 N–H and O–H groups in total. The number of benzene rings is 2. The minimum atomic E-state index is -0.521. The van der Waals surface area contributed by atoms with Crippen molar-refractivity contribution in [1.29, 1.82) is 0 Å². The third-order valence-electron chi connectivity index (χ3n) is 4.61. The Balaban J connectivity index is 1.86. The van der Waals surface area contributed by atoms with Crippen molar-refractivity contribution in [3.05, 3.63) is 76.1 Å². The highest BCUT2D eigenvalue weighted by Crippen LogP contribution is 2.32. The van der Waals surface area contributed by atoms with Gasteiger partial charge in [-0.25, -0.2) is 13.2 Å². The fourth-order valence-electron chi connectivity index (χ4n) is 3.32. The van der Waals surface area contributed by atoms with Gasteiger partial charge < -0.3 is 0 Å². The standard InChI is InChI=1S/C21H21F3/c1-2-3-4-5-14-10-19(23)21(20(24)11-14)16-7-6-15-8-9-18(22)13-17(15)12-16/h7-11,13H,2-6,12H2,1H3. The van der Waals surface area contributed by atoms with Crippen LogP contribution in [0.3, 0.4) is 0 Å². The van der Waals surface area contributed by atoms with Crippen LogP contribution in [0, 0.1) is 17.5 Å². The summed E-state index contributed by atoms with van der Waals surface area (Å²) >= 11 is 0. The average molecular weight is 330 g/mol. The summed E-state index contributed by atoms with van der Waals surface area (Å²) in [6, 6.07) is 7.49. The Kier molecular flexibility index (Phi) is 5.08. The van der Waals surface area contributed by atoms with Crippen LogP contribution in [0.2, 0.25) is 0 Å². The number of hydrogen-bond acceptors (Lipinski definition) is 0. The molecule has 0 atom stereocenters. The summed E-state index contributed by atoms with van der Waals surface area (Å²) in [6.07, 6.45) is 6.53. The van der Waals surface area contributed by atoms with Gasteiger partial charge in [0, 0.05) is 5.56 Å². The second kappa shape index (κ2) is 7.25. The molecule has 0 spiro atoms. The van der Waals surface area contributed by atoms with Gasteiger partial charge in [0.15, 0.2) is 0 Å². The summed E-state index contributed by atoms with van der Waals surface area (Å²) in [5, 5.41) is 0. The maximum atomic E-state index is 14.5. The molecule has 2 aromatic rings. The van der Waals surface area contributed by atoms with Gasteiger partial charge in [-0.1, -0.05) is 31.9 Å². The van der Waals surface area contributed by atoms with Crippen LogP contribution in [-0.2, 0) is 19.3 Å². The number of rotatable bonds is 5. The Morgan fingerprint density at radius 1 is 0.917 bits per heavy atom. The van der Waals surface area contributed by atoms with Gasteiger partial charge in [0.05, 0.1) is 0 Å². The lowest BCUT2D eigenvalue weighted by Gasteiger charge is -2.19. The number of fused-ring (bicyclic) bond motifs is 1. The van der Waals surface area contributed by atoms with Crippen LogP contribution in [0.25, 0.3) is 5.57 Å². The smallest absolute Gasteiger partial charge is 0.133 e. The molecule has 1 aliphatic carbocycles. The predicted octanol–water partition coefficient (Wildman–Crippen LogP) is 6.02. The molecular weight excluding hydrogens is 309 g/mol. The summed E-state index contributed by atoms with van der Waals surface area (Å²) in [5.74, 6) is -1.36. The number of aryl methyl sites for hydroxylation is 1. The zero-order valence-electron chi connectivity index (χ0n) is 13.8. The summed E-state index contributed by atoms with van der Waals surface area (Å²) in [7, 11) is 0. The Morgan fingerprint density at radius 3 is 2.38 bits per heavy atom. The molecule has 0 fully saturated rings. The van der Waals surface area contributed by atoms with Gasteiger partial charge in [-0.2, -0.15) is 0 Å². The lowest BCUT2D eigenvalue weighted by molar-refractivity contribution is 0.570. The number of hydrogen-bond donors (Lipinski definition) is 0. The quantitative estimate of drug-likeness (QED) is 0.588. The van der Waals surface area contributed by atoms with Crippen LogP contribution < -0.4 is 0 Å². The minimum absolute atomic E-state index is 0.0316. The van der Waals surface area contributed by atoms with E-state index in [0.29, 0.717) is 30.4 Å². The molecule has 0 aliphatic heterocycles. The first-order chi connectivity index (χ1) is 11.6. The topological polar surface area (TPSA) is 0 Å². The van der Waals surface area contributed by atoms with Gasteiger partial charge in [0.1, 0.15) is 17.5 Å². The first kappa shape index (κ1) is 16.8. The molecule has 3 heteroatoms. The number of unbranched alkanes of at least 4 members (excludes halogenated alkanes) is 2. The second-order valence-corrected chi connectivity index (χ2v) is 6.41. The highest BCUT2D eigenvalue weighted by Gasteiger charge is 2.20. The maximum absolute atomic E-state index is 14.5. The average Bonchev–Trinajstić information content (AvgIpc) is 2.54. The van der Waals surface area contributed by atoms with E-state index >= 15 is 0 Å². The van der Waals surface area contributed by atoms with E-state index in [-0.39, 0.29) is 11.4 Å². The van der Waals surface area contributed by atoms with Crippen molar-refractivity contribution < 1.29 is 13.2 Å². The van der Waals surface area contributed by atoms with Gasteiger partial charge in [-0.05, 0) is 72.2 Å². The third-order valence-corrected chi connectivity index (χ3v) is 4.61. The lowest BCUT2D eigenvalue weighted by Crippen LogP contribution is -2.07. The zero-order valence-corrected chi connectivity index (χ0v) is 13.8. The Bertz CT molecular complexity index is 752. The normalized spacial score (nSPS) is 13.6. The number of allylic oxidation sites excluding steroid dienone is 2. The molecule has 0 nitrogen and oxygen atoms in total. The molecule has 0 unspecified atom stereocenters. The monoisotopic (exact) mass is 330 g/mol. The van der Waals surface area contributed by atoms with Gasteiger partial charge in [0.2, 0.25) is 0 Å². The highest BCUT2D eigenvalue weighted by molar-refractivity contribution is 5.71. The molecule has 24 heavy (non-hydrogen) atoms. The summed E-state index contributed by atoms with van der Waals surface area (Å²) in [6.45, 7) is 2.10. The van der Waals surface area contributed by atoms with Crippen LogP contribution in [-0.4, -0.2) is 0 Å². The van der Waals surface area contributed by atoms with Crippen molar-refractivity contribution in [1.82, 2.24) is 0 Å². The molecule has 0 saturated heterocycles. The molecule has 0 bridgehead atoms. The van der Waals surface area contributed by atoms with Crippen molar-refractivity contribution in [2.24, 2.45) is 0 Å². The van der Waals surface area contributed by atoms with Crippen LogP contribution in [0.5, 0.6) is 0 Å². The zero-order chi connectivity index (χ0) is 17.1. The fraction of sp³-hybridized carbons (Fsp3) is 0.333. The predicted molar refractivity (Wildman–Crippen MR) is 91.4 cm³/mol. The molecule has 3 rings (SSSR count). The van der Waals surface area contributed by atoms with E-state index in [1.54, 1.807) is 6.07 Å². The maximum Gasteiger partial charge on any atom is 0.133 e. The number of halogens is 3. The molecule has 0 radical (unpaired) electrons. The fourth-order valence-corrected chi connectivity index (χ4v) is 3.32. The molecule has 0 heterocycles. The van der Waals surface area contributed by atoms with Gasteiger partial charge in [-0.15, -0.1) is 0 Å². The Hall–Kier alpha value is -2.03. The van der Waals surface area contributed by atoms with Crippen molar-refractivity contribution in [3.8, 4) is 0 Å². The van der Waals surface area contributed by atoms with Crippen LogP contribution in [0.1, 0.15) is 48.4 Å². The van der Waals surface area contributed by atoms with Crippen LogP contribution in [0.15, 0.2) is 36.4 Å². The van der Waals surface area contributed by atoms with Gasteiger partial charge in [-0.3, -0.25) is 0 Å². The van der Waals surface area contributed by atoms with E-state index in [2.05, 4.69) is 6.92 Å². The highest BCUT2D eigenvalue weighted by atomic mass is 19.1. The Labute approximate surface area is 141 Å². The first-order valence-corrected chi connectivity index (χ1v) is 8.53. The SMILES string of the molecule is CCCCCc1cc(F)c(C2=CCc3ccc(F)cc3C2)c(F)c1. The molecule has 0 amide bonds. The molecule has 0 aromatic heterocycles. The molecule has 126 valence electrons. The Morgan fingerprint density at radius 2 is 1.67 bits per heavy atom. The van der Waals surface area contributed by atoms with Crippen molar-refractivity contribution >= 4 is 5.57 Å². The first-order valence-electron chi connectivity index (χ1n) is 8.53. The molecular formula is C21H21F3. The van der Waals surface area contributed by atoms with Crippen molar-refractivity contribution in [2.45, 2.75) is 45.4 Å². The lowest BCUT2D eigenvalue weighted by atomic mass is 9.87. The summed E-state index contributed by atoms with van der Waals surface area (Å²) in [5.41, 5.74) is 3.15. The second-order valence-electron chi connectivity index (χ2n) is 6.41. The van der Waals surface area contributed by atoms with Crippen LogP contribution in [0.4, 0.5) is 13.2 Å². The van der Waals surface area contributed by atoms with E-state index < -0.39 is 11.6 Å². The van der Waals surface area contributed by atoms with Crippen molar-refractivity contribution in [2.75, 3.05) is 0 Å². The van der Waals surface area contributed by atoms with E-state index in [1.807, 2.05) is 6.08 Å². The van der Waals surface area contributed by atoms with E-state index in [9.17, 15) is 13.2 Å². The van der Waals surface area contributed by atoms with Crippen molar-refractivity contribution in [3.63, 3.8) is 0 Å². The summed E-state index contributed by atoms with van der Waals surface area (Å²) < 4.78 is 42.4. The van der Waals surface area contributed by atoms with Gasteiger partial charge in [0.25, 0.3) is 0 Å². The molecule has 2 aromatic carbocycles. The summed E-state index contributed by atoms with van der Waals surface area (Å²) in [4.78, 5) is 0. The van der Waals surface area contributed by atoms with E-state index in [1.165, 1.54) is 24.3 Å². The molecule has 1 aliphatic rings. The van der Waals surface area contributed by atoms with E-state index in [4.69, 9.17) is 0 Å². The van der Waals surface area contributed by atoms with Gasteiger partial charge >= 0.3 is 0 Å². The minimum Gasteiger partial charge on any atom is -0.207 e. The van der Waals surface area contributed by atoms with Crippen LogP contribution >= 0.6 is 0 Å². The van der Waals surface area contributed by atoms with E-state index in [0.717, 1.165) is 30.4 Å². The molecule has 0 saturated carbocycles. The third kappa shape index (κ3) is 3.55.